The minimum absolute atomic E-state index is 0.377. The lowest BCUT2D eigenvalue weighted by atomic mass is 9.92. The number of H-pyrrole nitrogens is 1. The summed E-state index contributed by atoms with van der Waals surface area (Å²) in [4.78, 5) is 17.1. The smallest absolute Gasteiger partial charge is 0.355 e. The molecule has 82 valence electrons. The zero-order chi connectivity index (χ0) is 10.8. The van der Waals surface area contributed by atoms with E-state index < -0.39 is 0 Å². The van der Waals surface area contributed by atoms with E-state index in [9.17, 15) is 4.79 Å². The summed E-state index contributed by atoms with van der Waals surface area (Å²) in [6.07, 6.45) is 2.86. The molecule has 1 aliphatic rings. The number of hydrogen-bond acceptors (Lipinski definition) is 4. The second-order valence-electron chi connectivity index (χ2n) is 4.50. The Morgan fingerprint density at radius 1 is 1.40 bits per heavy atom. The lowest BCUT2D eigenvalue weighted by molar-refractivity contribution is 0.355. The van der Waals surface area contributed by atoms with Crippen molar-refractivity contribution in [1.29, 1.82) is 0 Å². The van der Waals surface area contributed by atoms with Crippen LogP contribution in [0, 0.1) is 11.8 Å². The first-order chi connectivity index (χ1) is 7.15. The van der Waals surface area contributed by atoms with Crippen LogP contribution in [0.25, 0.3) is 0 Å². The largest absolute Gasteiger partial charge is 0.363 e. The Morgan fingerprint density at radius 3 is 2.67 bits per heavy atom. The summed E-state index contributed by atoms with van der Waals surface area (Å²) >= 11 is 0. The van der Waals surface area contributed by atoms with E-state index in [1.165, 1.54) is 6.42 Å². The molecule has 1 saturated heterocycles. The van der Waals surface area contributed by atoms with Gasteiger partial charge in [0.15, 0.2) is 5.82 Å². The van der Waals surface area contributed by atoms with Gasteiger partial charge in [0.1, 0.15) is 0 Å². The van der Waals surface area contributed by atoms with Gasteiger partial charge in [-0.05, 0) is 18.3 Å². The van der Waals surface area contributed by atoms with Crippen molar-refractivity contribution in [2.45, 2.75) is 20.3 Å². The number of hydrogen-bond donors (Lipinski definition) is 1. The minimum Gasteiger partial charge on any atom is -0.355 e. The highest BCUT2D eigenvalue weighted by molar-refractivity contribution is 5.35. The fraction of sp³-hybridized carbons (Fsp3) is 0.700. The van der Waals surface area contributed by atoms with Gasteiger partial charge in [-0.2, -0.15) is 10.1 Å². The number of aromatic nitrogens is 3. The molecule has 5 heteroatoms. The molecule has 0 aliphatic carbocycles. The first-order valence-corrected chi connectivity index (χ1v) is 5.32. The summed E-state index contributed by atoms with van der Waals surface area (Å²) < 4.78 is 0. The molecule has 0 spiro atoms. The minimum atomic E-state index is -0.377. The number of nitrogens with zero attached hydrogens (tertiary/aromatic N) is 3. The Balaban J connectivity index is 2.19. The van der Waals surface area contributed by atoms with Crippen LogP contribution in [0.4, 0.5) is 5.82 Å². The Bertz CT molecular complexity index is 379. The Labute approximate surface area is 88.5 Å². The Kier molecular flexibility index (Phi) is 2.70. The van der Waals surface area contributed by atoms with Crippen LogP contribution in [0.15, 0.2) is 11.0 Å². The topological polar surface area (TPSA) is 61.9 Å². The van der Waals surface area contributed by atoms with E-state index in [-0.39, 0.29) is 5.69 Å². The Morgan fingerprint density at radius 2 is 2.07 bits per heavy atom. The van der Waals surface area contributed by atoms with Crippen molar-refractivity contribution in [1.82, 2.24) is 15.2 Å². The molecule has 2 heterocycles. The molecule has 15 heavy (non-hydrogen) atoms. The van der Waals surface area contributed by atoms with Crippen LogP contribution in [-0.4, -0.2) is 28.3 Å². The lowest BCUT2D eigenvalue weighted by Crippen LogP contribution is -2.40. The lowest BCUT2D eigenvalue weighted by Gasteiger charge is -2.35. The normalized spacial score (nSPS) is 26.7. The molecule has 0 unspecified atom stereocenters. The second kappa shape index (κ2) is 4.00. The zero-order valence-corrected chi connectivity index (χ0v) is 9.10. The van der Waals surface area contributed by atoms with Crippen molar-refractivity contribution in [3.63, 3.8) is 0 Å². The maximum Gasteiger partial charge on any atom is 0.363 e. The van der Waals surface area contributed by atoms with E-state index in [1.54, 1.807) is 6.20 Å². The van der Waals surface area contributed by atoms with Crippen LogP contribution in [0.5, 0.6) is 0 Å². The summed E-state index contributed by atoms with van der Waals surface area (Å²) in [5.74, 6) is 1.99. The van der Waals surface area contributed by atoms with E-state index in [1.807, 2.05) is 0 Å². The maximum absolute atomic E-state index is 11.0. The van der Waals surface area contributed by atoms with E-state index in [2.05, 4.69) is 33.9 Å². The Hall–Kier alpha value is -1.39. The molecule has 1 aliphatic heterocycles. The van der Waals surface area contributed by atoms with Gasteiger partial charge in [-0.1, -0.05) is 13.8 Å². The quantitative estimate of drug-likeness (QED) is 0.736. The fourth-order valence-corrected chi connectivity index (χ4v) is 2.31. The zero-order valence-electron chi connectivity index (χ0n) is 9.10. The number of rotatable bonds is 1. The van der Waals surface area contributed by atoms with Gasteiger partial charge in [0.05, 0.1) is 6.20 Å². The van der Waals surface area contributed by atoms with Gasteiger partial charge in [0.2, 0.25) is 0 Å². The molecule has 2 rings (SSSR count). The molecule has 0 aromatic carbocycles. The van der Waals surface area contributed by atoms with Crippen LogP contribution in [0.2, 0.25) is 0 Å². The van der Waals surface area contributed by atoms with Crippen LogP contribution in [-0.2, 0) is 0 Å². The van der Waals surface area contributed by atoms with Crippen LogP contribution in [0.1, 0.15) is 20.3 Å². The number of piperidine rings is 1. The molecule has 1 fully saturated rings. The van der Waals surface area contributed by atoms with E-state index in [4.69, 9.17) is 0 Å². The summed E-state index contributed by atoms with van der Waals surface area (Å²) in [5.41, 5.74) is -0.377. The van der Waals surface area contributed by atoms with Crippen molar-refractivity contribution in [3.05, 3.63) is 16.7 Å². The highest BCUT2D eigenvalue weighted by atomic mass is 16.1. The highest BCUT2D eigenvalue weighted by Crippen LogP contribution is 2.23. The van der Waals surface area contributed by atoms with Crippen molar-refractivity contribution >= 4 is 5.82 Å². The first kappa shape index (κ1) is 10.1. The molecule has 1 aromatic heterocycles. The molecule has 5 nitrogen and oxygen atoms in total. The first-order valence-electron chi connectivity index (χ1n) is 5.32. The van der Waals surface area contributed by atoms with Gasteiger partial charge in [0, 0.05) is 13.1 Å². The molecule has 1 N–H and O–H groups in total. The van der Waals surface area contributed by atoms with Crippen molar-refractivity contribution in [2.24, 2.45) is 11.8 Å². The third kappa shape index (κ3) is 2.34. The molecule has 1 aromatic rings. The monoisotopic (exact) mass is 208 g/mol. The van der Waals surface area contributed by atoms with Gasteiger partial charge < -0.3 is 4.90 Å². The molecular weight excluding hydrogens is 192 g/mol. The van der Waals surface area contributed by atoms with Gasteiger partial charge in [-0.15, -0.1) is 0 Å². The molecule has 0 saturated carbocycles. The van der Waals surface area contributed by atoms with E-state index in [0.29, 0.717) is 17.7 Å². The standard InChI is InChI=1S/C10H16N4O/c1-7-3-8(2)6-14(5-7)9-4-11-13-10(15)12-9/h4,7-8H,3,5-6H2,1-2H3,(H,12,13,15)/t7-,8-/m1/s1. The van der Waals surface area contributed by atoms with Gasteiger partial charge in [0.25, 0.3) is 0 Å². The van der Waals surface area contributed by atoms with Crippen LogP contribution < -0.4 is 10.6 Å². The predicted octanol–water partition coefficient (Wildman–Crippen LogP) is 0.647. The number of aromatic amines is 1. The second-order valence-corrected chi connectivity index (χ2v) is 4.50. The molecule has 2 atom stereocenters. The summed E-state index contributed by atoms with van der Waals surface area (Å²) in [5, 5.41) is 6.06. The fourth-order valence-electron chi connectivity index (χ4n) is 2.31. The van der Waals surface area contributed by atoms with E-state index in [0.717, 1.165) is 13.1 Å². The summed E-state index contributed by atoms with van der Waals surface area (Å²) in [6, 6.07) is 0. The average molecular weight is 208 g/mol. The highest BCUT2D eigenvalue weighted by Gasteiger charge is 2.22. The number of nitrogens with one attached hydrogen (secondary N) is 1. The van der Waals surface area contributed by atoms with Gasteiger partial charge in [-0.3, -0.25) is 0 Å². The van der Waals surface area contributed by atoms with Crippen molar-refractivity contribution < 1.29 is 0 Å². The van der Waals surface area contributed by atoms with Crippen LogP contribution in [0.3, 0.4) is 0 Å². The van der Waals surface area contributed by atoms with Crippen molar-refractivity contribution in [3.8, 4) is 0 Å². The molecule has 0 amide bonds. The van der Waals surface area contributed by atoms with Crippen LogP contribution >= 0.6 is 0 Å². The summed E-state index contributed by atoms with van der Waals surface area (Å²) in [7, 11) is 0. The van der Waals surface area contributed by atoms with Gasteiger partial charge >= 0.3 is 5.69 Å². The molecule has 0 bridgehead atoms. The third-order valence-electron chi connectivity index (χ3n) is 2.75. The third-order valence-corrected chi connectivity index (χ3v) is 2.75. The maximum atomic E-state index is 11.0. The predicted molar refractivity (Wildman–Crippen MR) is 57.8 cm³/mol. The van der Waals surface area contributed by atoms with Gasteiger partial charge in [-0.25, -0.2) is 9.89 Å². The average Bonchev–Trinajstić information content (AvgIpc) is 2.16. The number of anilines is 1. The van der Waals surface area contributed by atoms with E-state index >= 15 is 0 Å². The summed E-state index contributed by atoms with van der Waals surface area (Å²) in [6.45, 7) is 6.37. The van der Waals surface area contributed by atoms with Crippen molar-refractivity contribution in [2.75, 3.05) is 18.0 Å². The SMILES string of the molecule is C[C@@H]1C[C@@H](C)CN(c2cn[nH]c(=O)n2)C1. The molecule has 0 radical (unpaired) electrons. The molecular formula is C10H16N4O.